The average molecular weight is 281 g/mol. The van der Waals surface area contributed by atoms with E-state index in [0.29, 0.717) is 6.54 Å². The smallest absolute Gasteiger partial charge is 0.235 e. The molecule has 0 bridgehead atoms. The molecule has 1 rings (SSSR count). The maximum atomic E-state index is 11.5. The number of nitriles is 1. The molecule has 0 fully saturated rings. The summed E-state index contributed by atoms with van der Waals surface area (Å²) in [4.78, 5) is 11.5. The molecule has 0 radical (unpaired) electrons. The predicted molar refractivity (Wildman–Crippen MR) is 70.3 cm³/mol. The first-order valence-electron chi connectivity index (χ1n) is 5.64. The Hall–Kier alpha value is -1.91. The zero-order chi connectivity index (χ0) is 14.3. The second-order valence-electron chi connectivity index (χ2n) is 3.90. The number of carbonyl (C=O) groups excluding carboxylic acids is 1. The highest BCUT2D eigenvalue weighted by Gasteiger charge is 2.20. The molecule has 0 saturated heterocycles. The molecule has 0 spiro atoms. The van der Waals surface area contributed by atoms with Gasteiger partial charge in [-0.15, -0.1) is 0 Å². The minimum atomic E-state index is -3.76. The summed E-state index contributed by atoms with van der Waals surface area (Å²) >= 11 is 0. The molecule has 0 heterocycles. The lowest BCUT2D eigenvalue weighted by Gasteiger charge is -2.08. The number of sulfonamides is 1. The fourth-order valence-electron chi connectivity index (χ4n) is 1.22. The number of benzene rings is 1. The fraction of sp³-hybridized carbons (Fsp3) is 0.333. The topological polar surface area (TPSA) is 99.1 Å². The Morgan fingerprint density at radius 1 is 1.37 bits per heavy atom. The van der Waals surface area contributed by atoms with Crippen LogP contribution in [0, 0.1) is 11.3 Å². The van der Waals surface area contributed by atoms with Gasteiger partial charge in [-0.1, -0.05) is 30.3 Å². The second kappa shape index (κ2) is 6.87. The first-order chi connectivity index (χ1) is 8.95. The Kier molecular flexibility index (Phi) is 5.48. The van der Waals surface area contributed by atoms with Crippen molar-refractivity contribution in [3.05, 3.63) is 35.9 Å². The summed E-state index contributed by atoms with van der Waals surface area (Å²) in [5.74, 6) is -0.447. The maximum absolute atomic E-state index is 11.5. The van der Waals surface area contributed by atoms with Crippen LogP contribution >= 0.6 is 0 Å². The second-order valence-corrected chi connectivity index (χ2v) is 5.99. The molecule has 2 N–H and O–H groups in total. The van der Waals surface area contributed by atoms with Gasteiger partial charge < -0.3 is 5.32 Å². The molecule has 0 saturated carbocycles. The third-order valence-electron chi connectivity index (χ3n) is 2.41. The fourth-order valence-corrected chi connectivity index (χ4v) is 1.94. The predicted octanol–water partition coefficient (Wildman–Crippen LogP) is 0.134. The number of nitrogens with one attached hydrogen (secondary N) is 2. The molecule has 0 aliphatic carbocycles. The third kappa shape index (κ3) is 5.07. The SMILES string of the molecule is C[C@@H](C#N)S(=O)(=O)NCC(=O)NCc1ccccc1. The quantitative estimate of drug-likeness (QED) is 0.774. The van der Waals surface area contributed by atoms with Crippen LogP contribution in [0.4, 0.5) is 0 Å². The van der Waals surface area contributed by atoms with E-state index >= 15 is 0 Å². The molecule has 6 nitrogen and oxygen atoms in total. The molecular weight excluding hydrogens is 266 g/mol. The van der Waals surface area contributed by atoms with Gasteiger partial charge in [-0.05, 0) is 12.5 Å². The van der Waals surface area contributed by atoms with Crippen molar-refractivity contribution in [3.8, 4) is 6.07 Å². The van der Waals surface area contributed by atoms with Crippen LogP contribution in [0.2, 0.25) is 0 Å². The van der Waals surface area contributed by atoms with Crippen LogP contribution < -0.4 is 10.0 Å². The van der Waals surface area contributed by atoms with E-state index in [4.69, 9.17) is 5.26 Å². The van der Waals surface area contributed by atoms with Gasteiger partial charge in [0.1, 0.15) is 0 Å². The first kappa shape index (κ1) is 15.1. The molecule has 0 aliphatic heterocycles. The zero-order valence-corrected chi connectivity index (χ0v) is 11.3. The van der Waals surface area contributed by atoms with E-state index in [1.165, 1.54) is 6.92 Å². The summed E-state index contributed by atoms with van der Waals surface area (Å²) in [6.07, 6.45) is 0. The Morgan fingerprint density at radius 2 is 2.00 bits per heavy atom. The number of rotatable bonds is 6. The Labute approximate surface area is 112 Å². The van der Waals surface area contributed by atoms with Gasteiger partial charge in [-0.2, -0.15) is 5.26 Å². The number of hydrogen-bond donors (Lipinski definition) is 2. The molecule has 1 aromatic rings. The monoisotopic (exact) mass is 281 g/mol. The Morgan fingerprint density at radius 3 is 2.58 bits per heavy atom. The van der Waals surface area contributed by atoms with Crippen molar-refractivity contribution in [2.45, 2.75) is 18.7 Å². The molecule has 7 heteroatoms. The van der Waals surface area contributed by atoms with Crippen LogP contribution in [-0.2, 0) is 21.4 Å². The molecule has 0 aliphatic rings. The van der Waals surface area contributed by atoms with Crippen molar-refractivity contribution < 1.29 is 13.2 Å². The summed E-state index contributed by atoms with van der Waals surface area (Å²) in [6, 6.07) is 10.9. The van der Waals surface area contributed by atoms with E-state index in [1.807, 2.05) is 30.3 Å². The van der Waals surface area contributed by atoms with E-state index in [2.05, 4.69) is 10.0 Å². The summed E-state index contributed by atoms with van der Waals surface area (Å²) < 4.78 is 24.9. The summed E-state index contributed by atoms with van der Waals surface area (Å²) in [6.45, 7) is 1.21. The van der Waals surface area contributed by atoms with Crippen LogP contribution in [0.25, 0.3) is 0 Å². The molecule has 102 valence electrons. The molecule has 1 amide bonds. The maximum Gasteiger partial charge on any atom is 0.235 e. The van der Waals surface area contributed by atoms with Crippen molar-refractivity contribution in [1.29, 1.82) is 5.26 Å². The van der Waals surface area contributed by atoms with Crippen LogP contribution in [0.5, 0.6) is 0 Å². The lowest BCUT2D eigenvalue weighted by molar-refractivity contribution is -0.120. The van der Waals surface area contributed by atoms with E-state index in [1.54, 1.807) is 6.07 Å². The minimum Gasteiger partial charge on any atom is -0.351 e. The Balaban J connectivity index is 2.39. The highest BCUT2D eigenvalue weighted by atomic mass is 32.2. The zero-order valence-electron chi connectivity index (χ0n) is 10.5. The summed E-state index contributed by atoms with van der Waals surface area (Å²) in [5.41, 5.74) is 0.920. The van der Waals surface area contributed by atoms with Crippen LogP contribution in [-0.4, -0.2) is 26.1 Å². The summed E-state index contributed by atoms with van der Waals surface area (Å²) in [7, 11) is -3.76. The van der Waals surface area contributed by atoms with Gasteiger partial charge in [0.05, 0.1) is 12.6 Å². The molecule has 1 atom stereocenters. The molecular formula is C12H15N3O3S. The first-order valence-corrected chi connectivity index (χ1v) is 7.19. The number of carbonyl (C=O) groups is 1. The molecule has 19 heavy (non-hydrogen) atoms. The van der Waals surface area contributed by atoms with Gasteiger partial charge >= 0.3 is 0 Å². The standard InChI is InChI=1S/C12H15N3O3S/c1-10(7-13)19(17,18)15-9-12(16)14-8-11-5-3-2-4-6-11/h2-6,10,15H,8-9H2,1H3,(H,14,16)/t10-/m0/s1. The van der Waals surface area contributed by atoms with Gasteiger partial charge in [0.2, 0.25) is 15.9 Å². The van der Waals surface area contributed by atoms with Crippen molar-refractivity contribution in [3.63, 3.8) is 0 Å². The highest BCUT2D eigenvalue weighted by Crippen LogP contribution is 1.97. The van der Waals surface area contributed by atoms with Gasteiger partial charge in [-0.3, -0.25) is 4.79 Å². The number of hydrogen-bond acceptors (Lipinski definition) is 4. The molecule has 1 aromatic carbocycles. The van der Waals surface area contributed by atoms with E-state index in [0.717, 1.165) is 5.56 Å². The van der Waals surface area contributed by atoms with Gasteiger partial charge in [0.15, 0.2) is 5.25 Å². The van der Waals surface area contributed by atoms with Crippen LogP contribution in [0.3, 0.4) is 0 Å². The highest BCUT2D eigenvalue weighted by molar-refractivity contribution is 7.90. The minimum absolute atomic E-state index is 0.329. The Bertz CT molecular complexity index is 564. The van der Waals surface area contributed by atoms with Crippen molar-refractivity contribution >= 4 is 15.9 Å². The average Bonchev–Trinajstić information content (AvgIpc) is 2.43. The van der Waals surface area contributed by atoms with Gasteiger partial charge in [-0.25, -0.2) is 13.1 Å². The van der Waals surface area contributed by atoms with E-state index < -0.39 is 21.2 Å². The van der Waals surface area contributed by atoms with Crippen molar-refractivity contribution in [2.24, 2.45) is 0 Å². The number of nitrogens with zero attached hydrogens (tertiary/aromatic N) is 1. The van der Waals surface area contributed by atoms with E-state index in [-0.39, 0.29) is 6.54 Å². The largest absolute Gasteiger partial charge is 0.351 e. The van der Waals surface area contributed by atoms with Gasteiger partial charge in [0.25, 0.3) is 0 Å². The van der Waals surface area contributed by atoms with Crippen molar-refractivity contribution in [2.75, 3.05) is 6.54 Å². The normalized spacial score (nSPS) is 12.4. The summed E-state index contributed by atoms with van der Waals surface area (Å²) in [5, 5.41) is 9.91. The van der Waals surface area contributed by atoms with Crippen LogP contribution in [0.15, 0.2) is 30.3 Å². The van der Waals surface area contributed by atoms with Crippen molar-refractivity contribution in [1.82, 2.24) is 10.0 Å². The number of amides is 1. The van der Waals surface area contributed by atoms with Crippen LogP contribution in [0.1, 0.15) is 12.5 Å². The molecule has 0 aromatic heterocycles. The van der Waals surface area contributed by atoms with Gasteiger partial charge in [0, 0.05) is 6.54 Å². The lowest BCUT2D eigenvalue weighted by atomic mass is 10.2. The van der Waals surface area contributed by atoms with E-state index in [9.17, 15) is 13.2 Å². The third-order valence-corrected chi connectivity index (χ3v) is 4.00. The molecule has 0 unspecified atom stereocenters. The lowest BCUT2D eigenvalue weighted by Crippen LogP contribution is -2.39.